The lowest BCUT2D eigenvalue weighted by Crippen LogP contribution is -2.32. The molecule has 3 rings (SSSR count). The third kappa shape index (κ3) is 6.60. The summed E-state index contributed by atoms with van der Waals surface area (Å²) in [7, 11) is 0. The van der Waals surface area contributed by atoms with Crippen molar-refractivity contribution < 1.29 is 9.53 Å². The quantitative estimate of drug-likeness (QED) is 0.628. The number of amides is 1. The lowest BCUT2D eigenvalue weighted by molar-refractivity contribution is 0.0953. The van der Waals surface area contributed by atoms with Gasteiger partial charge in [0.05, 0.1) is 6.61 Å². The predicted molar refractivity (Wildman–Crippen MR) is 118 cm³/mol. The minimum absolute atomic E-state index is 0.00133. The van der Waals surface area contributed by atoms with E-state index in [4.69, 9.17) is 4.74 Å². The van der Waals surface area contributed by atoms with Crippen molar-refractivity contribution in [2.24, 2.45) is 5.92 Å². The van der Waals surface area contributed by atoms with Gasteiger partial charge in [0.1, 0.15) is 5.75 Å². The van der Waals surface area contributed by atoms with E-state index in [-0.39, 0.29) is 5.91 Å². The Bertz CT molecular complexity index is 765. The Balaban J connectivity index is 1.41. The molecule has 29 heavy (non-hydrogen) atoms. The second-order valence-electron chi connectivity index (χ2n) is 8.06. The van der Waals surface area contributed by atoms with Crippen molar-refractivity contribution in [3.63, 3.8) is 0 Å². The van der Waals surface area contributed by atoms with E-state index in [0.29, 0.717) is 13.2 Å². The molecule has 1 aliphatic heterocycles. The number of ether oxygens (including phenoxy) is 1. The molecule has 1 N–H and O–H groups in total. The molecule has 156 valence electrons. The van der Waals surface area contributed by atoms with E-state index in [2.05, 4.69) is 35.3 Å². The molecule has 0 atom stereocenters. The van der Waals surface area contributed by atoms with Crippen LogP contribution in [-0.4, -0.2) is 37.0 Å². The number of hydrogen-bond acceptors (Lipinski definition) is 3. The van der Waals surface area contributed by atoms with Gasteiger partial charge in [-0.3, -0.25) is 9.69 Å². The summed E-state index contributed by atoms with van der Waals surface area (Å²) in [5.41, 5.74) is 3.21. The Hall–Kier alpha value is -2.33. The van der Waals surface area contributed by atoms with Gasteiger partial charge in [-0.25, -0.2) is 0 Å². The van der Waals surface area contributed by atoms with Gasteiger partial charge in [-0.05, 0) is 80.9 Å². The molecular formula is C25H34N2O2. The fraction of sp³-hybridized carbons (Fsp3) is 0.480. The van der Waals surface area contributed by atoms with Gasteiger partial charge in [0.15, 0.2) is 0 Å². The van der Waals surface area contributed by atoms with Gasteiger partial charge in [0.25, 0.3) is 5.91 Å². The standard InChI is InChI=1S/C25H34N2O2/c1-3-29-24-9-5-4-7-22(24)8-6-16-26-25(28)23-12-10-21(11-13-23)19-27-17-14-20(2)15-18-27/h4-5,7,9-13,20H,3,6,8,14-19H2,1-2H3,(H,26,28). The first-order valence-corrected chi connectivity index (χ1v) is 11.0. The number of likely N-dealkylation sites (tertiary alicyclic amines) is 1. The maximum absolute atomic E-state index is 12.4. The van der Waals surface area contributed by atoms with Crippen LogP contribution in [0.25, 0.3) is 0 Å². The molecule has 1 heterocycles. The summed E-state index contributed by atoms with van der Waals surface area (Å²) in [5.74, 6) is 1.80. The van der Waals surface area contributed by atoms with Crippen molar-refractivity contribution in [3.05, 3.63) is 65.2 Å². The molecule has 0 bridgehead atoms. The Morgan fingerprint density at radius 1 is 1.10 bits per heavy atom. The molecule has 0 aromatic heterocycles. The fourth-order valence-corrected chi connectivity index (χ4v) is 3.83. The van der Waals surface area contributed by atoms with E-state index < -0.39 is 0 Å². The van der Waals surface area contributed by atoms with Gasteiger partial charge in [-0.1, -0.05) is 37.3 Å². The van der Waals surface area contributed by atoms with Crippen molar-refractivity contribution in [1.82, 2.24) is 10.2 Å². The summed E-state index contributed by atoms with van der Waals surface area (Å²) >= 11 is 0. The molecule has 1 amide bonds. The van der Waals surface area contributed by atoms with Gasteiger partial charge in [-0.2, -0.15) is 0 Å². The summed E-state index contributed by atoms with van der Waals surface area (Å²) in [4.78, 5) is 14.9. The Kier molecular flexibility index (Phi) is 8.12. The fourth-order valence-electron chi connectivity index (χ4n) is 3.83. The van der Waals surface area contributed by atoms with E-state index in [1.54, 1.807) is 0 Å². The van der Waals surface area contributed by atoms with Crippen LogP contribution in [0.3, 0.4) is 0 Å². The number of benzene rings is 2. The van der Waals surface area contributed by atoms with E-state index in [1.807, 2.05) is 37.3 Å². The third-order valence-corrected chi connectivity index (χ3v) is 5.68. The van der Waals surface area contributed by atoms with Crippen LogP contribution in [0.4, 0.5) is 0 Å². The maximum atomic E-state index is 12.4. The first kappa shape index (κ1) is 21.4. The number of para-hydroxylation sites is 1. The number of carbonyl (C=O) groups is 1. The summed E-state index contributed by atoms with van der Waals surface area (Å²) in [6, 6.07) is 16.2. The SMILES string of the molecule is CCOc1ccccc1CCCNC(=O)c1ccc(CN2CCC(C)CC2)cc1. The average molecular weight is 395 g/mol. The largest absolute Gasteiger partial charge is 0.494 e. The van der Waals surface area contributed by atoms with Gasteiger partial charge < -0.3 is 10.1 Å². The minimum atomic E-state index is 0.00133. The molecule has 1 aliphatic rings. The topological polar surface area (TPSA) is 41.6 Å². The molecule has 4 nitrogen and oxygen atoms in total. The normalized spacial score (nSPS) is 15.2. The second kappa shape index (κ2) is 11.0. The van der Waals surface area contributed by atoms with Crippen LogP contribution in [0.2, 0.25) is 0 Å². The van der Waals surface area contributed by atoms with Crippen LogP contribution in [0, 0.1) is 5.92 Å². The number of piperidine rings is 1. The van der Waals surface area contributed by atoms with E-state index in [9.17, 15) is 4.79 Å². The van der Waals surface area contributed by atoms with Crippen molar-refractivity contribution in [1.29, 1.82) is 0 Å². The number of nitrogens with zero attached hydrogens (tertiary/aromatic N) is 1. The van der Waals surface area contributed by atoms with E-state index in [0.717, 1.165) is 36.6 Å². The number of rotatable bonds is 9. The van der Waals surface area contributed by atoms with Gasteiger partial charge >= 0.3 is 0 Å². The highest BCUT2D eigenvalue weighted by Gasteiger charge is 2.15. The van der Waals surface area contributed by atoms with Gasteiger partial charge in [-0.15, -0.1) is 0 Å². The molecular weight excluding hydrogens is 360 g/mol. The monoisotopic (exact) mass is 394 g/mol. The van der Waals surface area contributed by atoms with Gasteiger partial charge in [0.2, 0.25) is 0 Å². The zero-order chi connectivity index (χ0) is 20.5. The van der Waals surface area contributed by atoms with Crippen molar-refractivity contribution >= 4 is 5.91 Å². The zero-order valence-electron chi connectivity index (χ0n) is 17.8. The third-order valence-electron chi connectivity index (χ3n) is 5.68. The molecule has 1 saturated heterocycles. The second-order valence-corrected chi connectivity index (χ2v) is 8.06. The summed E-state index contributed by atoms with van der Waals surface area (Å²) in [5, 5.41) is 3.04. The van der Waals surface area contributed by atoms with Crippen molar-refractivity contribution in [2.45, 2.75) is 46.1 Å². The number of hydrogen-bond donors (Lipinski definition) is 1. The van der Waals surface area contributed by atoms with Crippen LogP contribution in [-0.2, 0) is 13.0 Å². The molecule has 0 aliphatic carbocycles. The number of carbonyl (C=O) groups excluding carboxylic acids is 1. The lowest BCUT2D eigenvalue weighted by Gasteiger charge is -2.30. The molecule has 0 unspecified atom stereocenters. The van der Waals surface area contributed by atoms with Crippen LogP contribution in [0.1, 0.15) is 54.6 Å². The summed E-state index contributed by atoms with van der Waals surface area (Å²) in [6.45, 7) is 8.99. The molecule has 0 spiro atoms. The van der Waals surface area contributed by atoms with Gasteiger partial charge in [0, 0.05) is 18.7 Å². The van der Waals surface area contributed by atoms with Crippen molar-refractivity contribution in [2.75, 3.05) is 26.2 Å². The van der Waals surface area contributed by atoms with Crippen LogP contribution in [0.5, 0.6) is 5.75 Å². The highest BCUT2D eigenvalue weighted by atomic mass is 16.5. The summed E-state index contributed by atoms with van der Waals surface area (Å²) < 4.78 is 5.66. The first-order chi connectivity index (χ1) is 14.2. The highest BCUT2D eigenvalue weighted by molar-refractivity contribution is 5.94. The maximum Gasteiger partial charge on any atom is 0.251 e. The Morgan fingerprint density at radius 3 is 2.55 bits per heavy atom. The van der Waals surface area contributed by atoms with Crippen molar-refractivity contribution in [3.8, 4) is 5.75 Å². The molecule has 2 aromatic rings. The van der Waals surface area contributed by atoms with Crippen LogP contribution < -0.4 is 10.1 Å². The van der Waals surface area contributed by atoms with E-state index in [1.165, 1.54) is 37.1 Å². The highest BCUT2D eigenvalue weighted by Crippen LogP contribution is 2.20. The van der Waals surface area contributed by atoms with Crippen LogP contribution in [0.15, 0.2) is 48.5 Å². The zero-order valence-corrected chi connectivity index (χ0v) is 17.8. The Morgan fingerprint density at radius 2 is 1.83 bits per heavy atom. The van der Waals surface area contributed by atoms with Crippen LogP contribution >= 0.6 is 0 Å². The first-order valence-electron chi connectivity index (χ1n) is 11.0. The minimum Gasteiger partial charge on any atom is -0.494 e. The summed E-state index contributed by atoms with van der Waals surface area (Å²) in [6.07, 6.45) is 4.36. The predicted octanol–water partition coefficient (Wildman–Crippen LogP) is 4.68. The smallest absolute Gasteiger partial charge is 0.251 e. The number of aryl methyl sites for hydroxylation is 1. The molecule has 2 aromatic carbocycles. The van der Waals surface area contributed by atoms with E-state index >= 15 is 0 Å². The molecule has 0 saturated carbocycles. The lowest BCUT2D eigenvalue weighted by atomic mass is 9.99. The average Bonchev–Trinajstić information content (AvgIpc) is 2.74. The number of nitrogens with one attached hydrogen (secondary N) is 1. The molecule has 4 heteroatoms. The molecule has 0 radical (unpaired) electrons. The Labute approximate surface area is 175 Å². The molecule has 1 fully saturated rings.